The Morgan fingerprint density at radius 1 is 1.30 bits per heavy atom. The van der Waals surface area contributed by atoms with Crippen LogP contribution in [0.4, 0.5) is 5.69 Å². The summed E-state index contributed by atoms with van der Waals surface area (Å²) in [6.07, 6.45) is 1.76. The molecule has 0 aliphatic carbocycles. The smallest absolute Gasteiger partial charge is 0.291 e. The first kappa shape index (κ1) is 18.4. The lowest BCUT2D eigenvalue weighted by Crippen LogP contribution is -2.34. The number of tetrazole rings is 1. The Hall–Kier alpha value is -3.36. The van der Waals surface area contributed by atoms with Crippen molar-refractivity contribution in [2.24, 2.45) is 0 Å². The number of H-pyrrole nitrogens is 2. The van der Waals surface area contributed by atoms with E-state index in [9.17, 15) is 4.79 Å². The van der Waals surface area contributed by atoms with E-state index < -0.39 is 0 Å². The van der Waals surface area contributed by atoms with Crippen LogP contribution in [0.15, 0.2) is 23.0 Å². The molecule has 1 aromatic carbocycles. The second-order valence-electron chi connectivity index (χ2n) is 5.83. The minimum Gasteiger partial charge on any atom is -0.493 e. The van der Waals surface area contributed by atoms with E-state index in [1.807, 2.05) is 25.1 Å². The largest absolute Gasteiger partial charge is 0.493 e. The van der Waals surface area contributed by atoms with E-state index in [0.29, 0.717) is 22.9 Å². The number of nitrogens with one attached hydrogen (secondary N) is 2. The Morgan fingerprint density at radius 3 is 2.70 bits per heavy atom. The van der Waals surface area contributed by atoms with Crippen LogP contribution in [0.1, 0.15) is 26.3 Å². The summed E-state index contributed by atoms with van der Waals surface area (Å²) in [4.78, 5) is 15.0. The first-order chi connectivity index (χ1) is 13.1. The van der Waals surface area contributed by atoms with E-state index in [0.717, 1.165) is 24.3 Å². The number of hydrogen-bond acceptors (Lipinski definition) is 6. The van der Waals surface area contributed by atoms with Crippen molar-refractivity contribution in [3.05, 3.63) is 44.7 Å². The van der Waals surface area contributed by atoms with Gasteiger partial charge in [0.2, 0.25) is 0 Å². The molecule has 142 valence electrons. The summed E-state index contributed by atoms with van der Waals surface area (Å²) in [6, 6.07) is 5.97. The number of benzene rings is 1. The zero-order chi connectivity index (χ0) is 19.4. The Morgan fingerprint density at radius 2 is 2.07 bits per heavy atom. The SMILES string of the molecule is C=c1[nH]n(-c2nn[nH]n2)c(=O)c1=Cc1ccc(N(CC)CC)cc1OCC. The van der Waals surface area contributed by atoms with Crippen molar-refractivity contribution in [2.45, 2.75) is 20.8 Å². The molecule has 9 nitrogen and oxygen atoms in total. The number of aromatic amines is 2. The van der Waals surface area contributed by atoms with E-state index in [-0.39, 0.29) is 11.5 Å². The molecule has 2 aromatic heterocycles. The maximum absolute atomic E-state index is 12.7. The maximum atomic E-state index is 12.7. The van der Waals surface area contributed by atoms with Crippen molar-refractivity contribution in [3.8, 4) is 11.7 Å². The third-order valence-corrected chi connectivity index (χ3v) is 4.26. The molecule has 2 N–H and O–H groups in total. The van der Waals surface area contributed by atoms with Crippen molar-refractivity contribution in [1.29, 1.82) is 0 Å². The molecule has 0 bridgehead atoms. The highest BCUT2D eigenvalue weighted by Gasteiger charge is 2.11. The summed E-state index contributed by atoms with van der Waals surface area (Å²) in [5.41, 5.74) is 1.57. The lowest BCUT2D eigenvalue weighted by molar-refractivity contribution is 0.339. The van der Waals surface area contributed by atoms with Crippen molar-refractivity contribution < 1.29 is 4.74 Å². The molecular formula is C18H23N7O2. The Labute approximate surface area is 156 Å². The normalized spacial score (nSPS) is 11.7. The average Bonchev–Trinajstić information content (AvgIpc) is 3.28. The van der Waals surface area contributed by atoms with Gasteiger partial charge in [-0.25, -0.2) is 0 Å². The molecule has 0 atom stereocenters. The highest BCUT2D eigenvalue weighted by atomic mass is 16.5. The van der Waals surface area contributed by atoms with Crippen LogP contribution in [0, 0.1) is 0 Å². The van der Waals surface area contributed by atoms with E-state index >= 15 is 0 Å². The predicted octanol–water partition coefficient (Wildman–Crippen LogP) is 0.163. The number of anilines is 1. The fourth-order valence-corrected chi connectivity index (χ4v) is 2.90. The quantitative estimate of drug-likeness (QED) is 0.615. The summed E-state index contributed by atoms with van der Waals surface area (Å²) in [5.74, 6) is 0.847. The van der Waals surface area contributed by atoms with Crippen LogP contribution >= 0.6 is 0 Å². The van der Waals surface area contributed by atoms with Gasteiger partial charge in [0.15, 0.2) is 0 Å². The molecule has 3 rings (SSSR count). The Bertz CT molecular complexity index is 1060. The molecule has 0 aliphatic rings. The molecule has 0 amide bonds. The minimum atomic E-state index is -0.309. The minimum absolute atomic E-state index is 0.131. The van der Waals surface area contributed by atoms with Crippen molar-refractivity contribution in [1.82, 2.24) is 30.4 Å². The summed E-state index contributed by atoms with van der Waals surface area (Å²) >= 11 is 0. The standard InChI is InChI=1S/C18H23N7O2/c1-5-24(6-2)14-9-8-13(16(11-14)27-7-3)10-15-12(4)21-25(17(15)26)18-19-22-23-20-18/h8-11,21H,4-7H2,1-3H3,(H,19,20,22,23). The number of nitrogens with zero attached hydrogens (tertiary/aromatic N) is 5. The van der Waals surface area contributed by atoms with Crippen LogP contribution in [0.5, 0.6) is 5.75 Å². The summed E-state index contributed by atoms with van der Waals surface area (Å²) in [7, 11) is 0. The average molecular weight is 369 g/mol. The molecule has 3 aromatic rings. The Balaban J connectivity index is 2.12. The molecule has 0 saturated carbocycles. The van der Waals surface area contributed by atoms with E-state index in [4.69, 9.17) is 4.74 Å². The van der Waals surface area contributed by atoms with Crippen molar-refractivity contribution in [3.63, 3.8) is 0 Å². The van der Waals surface area contributed by atoms with E-state index in [1.165, 1.54) is 4.68 Å². The molecule has 0 radical (unpaired) electrons. The second kappa shape index (κ2) is 7.90. The number of aromatic nitrogens is 6. The van der Waals surface area contributed by atoms with Crippen LogP contribution in [0.2, 0.25) is 0 Å². The van der Waals surface area contributed by atoms with Gasteiger partial charge in [-0.15, -0.1) is 5.10 Å². The van der Waals surface area contributed by atoms with Gasteiger partial charge in [0, 0.05) is 30.4 Å². The van der Waals surface area contributed by atoms with Crippen molar-refractivity contribution in [2.75, 3.05) is 24.6 Å². The van der Waals surface area contributed by atoms with Gasteiger partial charge in [0.1, 0.15) is 5.75 Å². The van der Waals surface area contributed by atoms with Gasteiger partial charge in [-0.05, 0) is 44.2 Å². The van der Waals surface area contributed by atoms with E-state index in [1.54, 1.807) is 6.08 Å². The maximum Gasteiger partial charge on any atom is 0.291 e. The Kier molecular flexibility index (Phi) is 5.39. The number of rotatable bonds is 7. The van der Waals surface area contributed by atoms with Crippen molar-refractivity contribution >= 4 is 18.3 Å². The lowest BCUT2D eigenvalue weighted by Gasteiger charge is -2.22. The number of ether oxygens (including phenoxy) is 1. The zero-order valence-electron chi connectivity index (χ0n) is 15.7. The van der Waals surface area contributed by atoms with Gasteiger partial charge in [-0.1, -0.05) is 11.7 Å². The topological polar surface area (TPSA) is 105 Å². The molecule has 2 heterocycles. The molecule has 0 fully saturated rings. The van der Waals surface area contributed by atoms with Gasteiger partial charge in [0.25, 0.3) is 11.5 Å². The van der Waals surface area contributed by atoms with Crippen LogP contribution in [0.25, 0.3) is 18.6 Å². The summed E-state index contributed by atoms with van der Waals surface area (Å²) in [6.45, 7) is 12.4. The van der Waals surface area contributed by atoms with E-state index in [2.05, 4.69) is 51.0 Å². The van der Waals surface area contributed by atoms with Crippen LogP contribution in [-0.2, 0) is 0 Å². The van der Waals surface area contributed by atoms with Gasteiger partial charge < -0.3 is 9.64 Å². The first-order valence-electron chi connectivity index (χ1n) is 8.86. The fourth-order valence-electron chi connectivity index (χ4n) is 2.90. The fraction of sp³-hybridized carbons (Fsp3) is 0.333. The van der Waals surface area contributed by atoms with Crippen LogP contribution in [-0.4, -0.2) is 50.1 Å². The molecule has 0 unspecified atom stereocenters. The van der Waals surface area contributed by atoms with Crippen LogP contribution in [0.3, 0.4) is 0 Å². The van der Waals surface area contributed by atoms with Gasteiger partial charge >= 0.3 is 0 Å². The summed E-state index contributed by atoms with van der Waals surface area (Å²) in [5, 5.41) is 17.2. The second-order valence-corrected chi connectivity index (χ2v) is 5.83. The molecule has 0 spiro atoms. The third kappa shape index (κ3) is 3.62. The highest BCUT2D eigenvalue weighted by Crippen LogP contribution is 2.26. The molecule has 9 heteroatoms. The molecule has 27 heavy (non-hydrogen) atoms. The third-order valence-electron chi connectivity index (χ3n) is 4.26. The monoisotopic (exact) mass is 369 g/mol. The molecule has 0 aliphatic heterocycles. The van der Waals surface area contributed by atoms with Crippen LogP contribution < -0.4 is 25.8 Å². The zero-order valence-corrected chi connectivity index (χ0v) is 15.7. The number of hydrogen-bond donors (Lipinski definition) is 2. The highest BCUT2D eigenvalue weighted by molar-refractivity contribution is 5.63. The first-order valence-corrected chi connectivity index (χ1v) is 8.86. The lowest BCUT2D eigenvalue weighted by atomic mass is 10.1. The molecular weight excluding hydrogens is 346 g/mol. The predicted molar refractivity (Wildman–Crippen MR) is 104 cm³/mol. The van der Waals surface area contributed by atoms with Gasteiger partial charge in [0.05, 0.1) is 17.2 Å². The summed E-state index contributed by atoms with van der Waals surface area (Å²) < 4.78 is 7.01. The van der Waals surface area contributed by atoms with Gasteiger partial charge in [-0.3, -0.25) is 9.89 Å². The van der Waals surface area contributed by atoms with Gasteiger partial charge in [-0.2, -0.15) is 9.90 Å². The molecule has 0 saturated heterocycles.